The van der Waals surface area contributed by atoms with E-state index in [2.05, 4.69) is 5.32 Å². The first kappa shape index (κ1) is 14.4. The molecule has 2 N–H and O–H groups in total. The Balaban J connectivity index is 2.17. The van der Waals surface area contributed by atoms with E-state index in [9.17, 15) is 9.18 Å². The molecule has 1 unspecified atom stereocenters. The lowest BCUT2D eigenvalue weighted by Gasteiger charge is -2.10. The van der Waals surface area contributed by atoms with Crippen molar-refractivity contribution in [3.63, 3.8) is 0 Å². The lowest BCUT2D eigenvalue weighted by Crippen LogP contribution is -2.34. The minimum Gasteiger partial charge on any atom is -0.493 e. The van der Waals surface area contributed by atoms with Crippen LogP contribution in [-0.4, -0.2) is 30.3 Å². The molecule has 0 aliphatic rings. The number of carbonyl (C=O) groups is 1. The predicted molar refractivity (Wildman–Crippen MR) is 65.8 cm³/mol. The number of aliphatic hydroxyl groups excluding tert-OH is 1. The molecule has 0 aliphatic carbocycles. The van der Waals surface area contributed by atoms with Crippen molar-refractivity contribution in [3.8, 4) is 5.75 Å². The van der Waals surface area contributed by atoms with Crippen LogP contribution in [-0.2, 0) is 4.79 Å². The van der Waals surface area contributed by atoms with Gasteiger partial charge in [-0.1, -0.05) is 6.07 Å². The maximum atomic E-state index is 12.8. The molecule has 1 aromatic carbocycles. The average Bonchev–Trinajstić information content (AvgIpc) is 2.34. The molecular formula is C13H18FNO3. The molecule has 18 heavy (non-hydrogen) atoms. The standard InChI is InChI=1S/C13H18FNO3/c1-10(9-16)15-13(17)6-3-7-18-12-5-2-4-11(14)8-12/h2,4-5,8,10,16H,3,6-7,9H2,1H3,(H,15,17). The van der Waals surface area contributed by atoms with Gasteiger partial charge in [0.15, 0.2) is 0 Å². The second-order valence-corrected chi connectivity index (χ2v) is 4.06. The van der Waals surface area contributed by atoms with Gasteiger partial charge in [0.25, 0.3) is 0 Å². The predicted octanol–water partition coefficient (Wildman–Crippen LogP) is 1.48. The number of amides is 1. The zero-order valence-corrected chi connectivity index (χ0v) is 10.4. The van der Waals surface area contributed by atoms with E-state index in [1.54, 1.807) is 19.1 Å². The molecule has 1 atom stereocenters. The minimum absolute atomic E-state index is 0.0778. The summed E-state index contributed by atoms with van der Waals surface area (Å²) >= 11 is 0. The number of nitrogens with one attached hydrogen (secondary N) is 1. The first-order valence-electron chi connectivity index (χ1n) is 5.90. The van der Waals surface area contributed by atoms with E-state index in [4.69, 9.17) is 9.84 Å². The SMILES string of the molecule is CC(CO)NC(=O)CCCOc1cccc(F)c1. The fourth-order valence-corrected chi connectivity index (χ4v) is 1.37. The van der Waals surface area contributed by atoms with Gasteiger partial charge in [-0.25, -0.2) is 4.39 Å². The van der Waals surface area contributed by atoms with Crippen LogP contribution in [0.5, 0.6) is 5.75 Å². The molecule has 0 fully saturated rings. The van der Waals surface area contributed by atoms with Crippen molar-refractivity contribution in [2.24, 2.45) is 0 Å². The fourth-order valence-electron chi connectivity index (χ4n) is 1.37. The molecule has 0 aromatic heterocycles. The van der Waals surface area contributed by atoms with Crippen LogP contribution in [0.4, 0.5) is 4.39 Å². The van der Waals surface area contributed by atoms with Gasteiger partial charge in [0, 0.05) is 18.5 Å². The van der Waals surface area contributed by atoms with Crippen LogP contribution in [0.2, 0.25) is 0 Å². The molecule has 1 rings (SSSR count). The van der Waals surface area contributed by atoms with Crippen LogP contribution < -0.4 is 10.1 Å². The lowest BCUT2D eigenvalue weighted by molar-refractivity contribution is -0.122. The van der Waals surface area contributed by atoms with Crippen molar-refractivity contribution in [2.75, 3.05) is 13.2 Å². The van der Waals surface area contributed by atoms with Crippen molar-refractivity contribution in [1.82, 2.24) is 5.32 Å². The van der Waals surface area contributed by atoms with Crippen molar-refractivity contribution >= 4 is 5.91 Å². The van der Waals surface area contributed by atoms with Crippen molar-refractivity contribution in [1.29, 1.82) is 0 Å². The third-order valence-electron chi connectivity index (χ3n) is 2.29. The highest BCUT2D eigenvalue weighted by Crippen LogP contribution is 2.12. The molecule has 100 valence electrons. The summed E-state index contributed by atoms with van der Waals surface area (Å²) in [5.41, 5.74) is 0. The summed E-state index contributed by atoms with van der Waals surface area (Å²) in [5.74, 6) is -0.0134. The van der Waals surface area contributed by atoms with Gasteiger partial charge in [-0.3, -0.25) is 4.79 Å². The van der Waals surface area contributed by atoms with Crippen molar-refractivity contribution in [3.05, 3.63) is 30.1 Å². The molecule has 0 spiro atoms. The molecule has 0 aliphatic heterocycles. The van der Waals surface area contributed by atoms with E-state index in [0.717, 1.165) is 0 Å². The monoisotopic (exact) mass is 255 g/mol. The largest absolute Gasteiger partial charge is 0.493 e. The van der Waals surface area contributed by atoms with Gasteiger partial charge in [-0.05, 0) is 25.5 Å². The Bertz CT molecular complexity index is 384. The number of hydrogen-bond acceptors (Lipinski definition) is 3. The lowest BCUT2D eigenvalue weighted by atomic mass is 10.2. The van der Waals surface area contributed by atoms with E-state index in [1.165, 1.54) is 12.1 Å². The van der Waals surface area contributed by atoms with E-state index >= 15 is 0 Å². The molecule has 0 radical (unpaired) electrons. The van der Waals surface area contributed by atoms with Crippen LogP contribution >= 0.6 is 0 Å². The maximum absolute atomic E-state index is 12.8. The summed E-state index contributed by atoms with van der Waals surface area (Å²) in [6, 6.07) is 5.64. The number of halogens is 1. The minimum atomic E-state index is -0.345. The van der Waals surface area contributed by atoms with Gasteiger partial charge in [0.1, 0.15) is 11.6 Å². The third-order valence-corrected chi connectivity index (χ3v) is 2.29. The normalized spacial score (nSPS) is 11.9. The number of benzene rings is 1. The molecule has 0 heterocycles. The van der Waals surface area contributed by atoms with Crippen LogP contribution in [0.3, 0.4) is 0 Å². The highest BCUT2D eigenvalue weighted by molar-refractivity contribution is 5.76. The Morgan fingerprint density at radius 1 is 1.56 bits per heavy atom. The molecule has 1 aromatic rings. The topological polar surface area (TPSA) is 58.6 Å². The molecule has 5 heteroatoms. The zero-order chi connectivity index (χ0) is 13.4. The van der Waals surface area contributed by atoms with Gasteiger partial charge < -0.3 is 15.2 Å². The van der Waals surface area contributed by atoms with Crippen LogP contribution in [0.1, 0.15) is 19.8 Å². The summed E-state index contributed by atoms with van der Waals surface area (Å²) in [6.45, 7) is 2.00. The summed E-state index contributed by atoms with van der Waals surface area (Å²) < 4.78 is 18.1. The van der Waals surface area contributed by atoms with Gasteiger partial charge in [-0.15, -0.1) is 0 Å². The van der Waals surface area contributed by atoms with Crippen LogP contribution in [0, 0.1) is 5.82 Å². The fraction of sp³-hybridized carbons (Fsp3) is 0.462. The van der Waals surface area contributed by atoms with Gasteiger partial charge in [-0.2, -0.15) is 0 Å². The highest BCUT2D eigenvalue weighted by atomic mass is 19.1. The average molecular weight is 255 g/mol. The second kappa shape index (κ2) is 7.66. The molecule has 0 bridgehead atoms. The Labute approximate surface area is 106 Å². The number of aliphatic hydroxyl groups is 1. The summed E-state index contributed by atoms with van der Waals surface area (Å²) in [7, 11) is 0. The highest BCUT2D eigenvalue weighted by Gasteiger charge is 2.05. The van der Waals surface area contributed by atoms with Gasteiger partial charge >= 0.3 is 0 Å². The molecular weight excluding hydrogens is 237 g/mol. The Kier molecular flexibility index (Phi) is 6.14. The quantitative estimate of drug-likeness (QED) is 0.726. The van der Waals surface area contributed by atoms with Crippen molar-refractivity contribution in [2.45, 2.75) is 25.8 Å². The third kappa shape index (κ3) is 5.63. The van der Waals surface area contributed by atoms with E-state index in [0.29, 0.717) is 25.2 Å². The summed E-state index contributed by atoms with van der Waals surface area (Å²) in [4.78, 5) is 11.3. The Morgan fingerprint density at radius 3 is 3.00 bits per heavy atom. The van der Waals surface area contributed by atoms with E-state index < -0.39 is 0 Å². The van der Waals surface area contributed by atoms with Crippen molar-refractivity contribution < 1.29 is 19.0 Å². The molecule has 0 saturated heterocycles. The first-order chi connectivity index (χ1) is 8.61. The Hall–Kier alpha value is -1.62. The van der Waals surface area contributed by atoms with E-state index in [-0.39, 0.29) is 24.4 Å². The molecule has 0 saturated carbocycles. The number of hydrogen-bond donors (Lipinski definition) is 2. The molecule has 1 amide bonds. The van der Waals surface area contributed by atoms with E-state index in [1.807, 2.05) is 0 Å². The van der Waals surface area contributed by atoms with Crippen LogP contribution in [0.25, 0.3) is 0 Å². The summed E-state index contributed by atoms with van der Waals surface area (Å²) in [5, 5.41) is 11.4. The first-order valence-corrected chi connectivity index (χ1v) is 5.90. The van der Waals surface area contributed by atoms with Gasteiger partial charge in [0.05, 0.1) is 13.2 Å². The van der Waals surface area contributed by atoms with Crippen LogP contribution in [0.15, 0.2) is 24.3 Å². The number of rotatable bonds is 7. The number of carbonyl (C=O) groups excluding carboxylic acids is 1. The molecule has 4 nitrogen and oxygen atoms in total. The van der Waals surface area contributed by atoms with Gasteiger partial charge in [0.2, 0.25) is 5.91 Å². The summed E-state index contributed by atoms with van der Waals surface area (Å²) in [6.07, 6.45) is 0.861. The second-order valence-electron chi connectivity index (χ2n) is 4.06. The maximum Gasteiger partial charge on any atom is 0.220 e. The zero-order valence-electron chi connectivity index (χ0n) is 10.4. The number of ether oxygens (including phenoxy) is 1. The smallest absolute Gasteiger partial charge is 0.220 e. The Morgan fingerprint density at radius 2 is 2.33 bits per heavy atom.